The van der Waals surface area contributed by atoms with Crippen LogP contribution in [0, 0.1) is 0 Å². The fraction of sp³-hybridized carbons (Fsp3) is 0.438. The van der Waals surface area contributed by atoms with Gasteiger partial charge < -0.3 is 10.4 Å². The summed E-state index contributed by atoms with van der Waals surface area (Å²) in [6.07, 6.45) is -0.405. The van der Waals surface area contributed by atoms with E-state index in [1.165, 1.54) is 6.92 Å². The zero-order valence-corrected chi connectivity index (χ0v) is 14.2. The molecule has 1 unspecified atom stereocenters. The number of rotatable bonds is 10. The van der Waals surface area contributed by atoms with E-state index in [-0.39, 0.29) is 36.6 Å². The van der Waals surface area contributed by atoms with Gasteiger partial charge in [-0.1, -0.05) is 37.3 Å². The maximum absolute atomic E-state index is 11.9. The Morgan fingerprint density at radius 3 is 2.29 bits per heavy atom. The molecule has 7 nitrogen and oxygen atoms in total. The predicted octanol–water partition coefficient (Wildman–Crippen LogP) is 1.04. The third-order valence-corrected chi connectivity index (χ3v) is 5.20. The Kier molecular flexibility index (Phi) is 7.57. The van der Waals surface area contributed by atoms with Crippen molar-refractivity contribution in [3.05, 3.63) is 35.9 Å². The smallest absolute Gasteiger partial charge is 0.326 e. The molecule has 1 amide bonds. The highest BCUT2D eigenvalue weighted by atomic mass is 32.2. The van der Waals surface area contributed by atoms with Crippen molar-refractivity contribution in [3.8, 4) is 0 Å². The van der Waals surface area contributed by atoms with Crippen molar-refractivity contribution in [2.24, 2.45) is 0 Å². The van der Waals surface area contributed by atoms with E-state index < -0.39 is 27.8 Å². The van der Waals surface area contributed by atoms with Crippen LogP contribution in [0.2, 0.25) is 0 Å². The molecule has 1 atom stereocenters. The summed E-state index contributed by atoms with van der Waals surface area (Å²) in [7, 11) is -3.31. The summed E-state index contributed by atoms with van der Waals surface area (Å²) in [5.41, 5.74) is 0.481. The van der Waals surface area contributed by atoms with E-state index in [0.717, 1.165) is 0 Å². The summed E-state index contributed by atoms with van der Waals surface area (Å²) in [5, 5.41) is 11.3. The average Bonchev–Trinajstić information content (AvgIpc) is 2.57. The molecule has 0 aliphatic carbocycles. The Bertz CT molecular complexity index is 684. The molecule has 1 aromatic rings. The van der Waals surface area contributed by atoms with Crippen molar-refractivity contribution in [1.29, 1.82) is 0 Å². The molecule has 1 rings (SSSR count). The average molecular weight is 355 g/mol. The lowest BCUT2D eigenvalue weighted by atomic mass is 10.1. The normalized spacial score (nSPS) is 12.4. The monoisotopic (exact) mass is 355 g/mol. The largest absolute Gasteiger partial charge is 0.480 e. The number of hydrogen-bond donors (Lipinski definition) is 2. The second kappa shape index (κ2) is 9.17. The van der Waals surface area contributed by atoms with Crippen LogP contribution in [0.5, 0.6) is 0 Å². The van der Waals surface area contributed by atoms with Crippen LogP contribution in [0.3, 0.4) is 0 Å². The van der Waals surface area contributed by atoms with Crippen LogP contribution in [0.15, 0.2) is 30.3 Å². The SMILES string of the molecule is CCS(=O)(=O)CCC(NC(=O)CCC(=O)c1ccccc1)C(=O)O. The summed E-state index contributed by atoms with van der Waals surface area (Å²) in [6.45, 7) is 1.47. The van der Waals surface area contributed by atoms with Crippen LogP contribution in [-0.2, 0) is 19.4 Å². The van der Waals surface area contributed by atoms with E-state index in [9.17, 15) is 22.8 Å². The van der Waals surface area contributed by atoms with Crippen LogP contribution < -0.4 is 5.32 Å². The molecule has 0 saturated carbocycles. The first kappa shape index (κ1) is 19.8. The van der Waals surface area contributed by atoms with Crippen molar-refractivity contribution in [2.75, 3.05) is 11.5 Å². The van der Waals surface area contributed by atoms with E-state index in [1.807, 2.05) is 0 Å². The Balaban J connectivity index is 2.51. The first-order chi connectivity index (χ1) is 11.2. The minimum absolute atomic E-state index is 0.0462. The van der Waals surface area contributed by atoms with Crippen LogP contribution in [0.4, 0.5) is 0 Å². The van der Waals surface area contributed by atoms with Crippen molar-refractivity contribution < 1.29 is 27.9 Å². The standard InChI is InChI=1S/C16H21NO6S/c1-2-24(22,23)11-10-13(16(20)21)17-15(19)9-8-14(18)12-6-4-3-5-7-12/h3-7,13H,2,8-11H2,1H3,(H,17,19)(H,20,21). The Morgan fingerprint density at radius 2 is 1.75 bits per heavy atom. The first-order valence-corrected chi connectivity index (χ1v) is 9.38. The maximum atomic E-state index is 11.9. The lowest BCUT2D eigenvalue weighted by molar-refractivity contribution is -0.141. The van der Waals surface area contributed by atoms with Gasteiger partial charge in [-0.25, -0.2) is 13.2 Å². The highest BCUT2D eigenvalue weighted by Crippen LogP contribution is 2.06. The van der Waals surface area contributed by atoms with Crippen molar-refractivity contribution in [2.45, 2.75) is 32.2 Å². The van der Waals surface area contributed by atoms with Crippen LogP contribution in [0.25, 0.3) is 0 Å². The molecule has 24 heavy (non-hydrogen) atoms. The van der Waals surface area contributed by atoms with E-state index in [4.69, 9.17) is 5.11 Å². The number of aliphatic carboxylic acids is 1. The third kappa shape index (κ3) is 6.91. The molecule has 0 aromatic heterocycles. The zero-order chi connectivity index (χ0) is 18.2. The van der Waals surface area contributed by atoms with Crippen molar-refractivity contribution in [1.82, 2.24) is 5.32 Å². The minimum Gasteiger partial charge on any atom is -0.480 e. The highest BCUT2D eigenvalue weighted by molar-refractivity contribution is 7.91. The number of hydrogen-bond acceptors (Lipinski definition) is 5. The van der Waals surface area contributed by atoms with E-state index >= 15 is 0 Å². The fourth-order valence-electron chi connectivity index (χ4n) is 1.96. The molecule has 8 heteroatoms. The molecule has 0 bridgehead atoms. The van der Waals surface area contributed by atoms with Gasteiger partial charge in [0.15, 0.2) is 5.78 Å². The Hall–Kier alpha value is -2.22. The molecule has 0 aliphatic heterocycles. The topological polar surface area (TPSA) is 118 Å². The van der Waals surface area contributed by atoms with E-state index in [1.54, 1.807) is 30.3 Å². The number of carboxylic acids is 1. The number of amides is 1. The molecule has 1 aromatic carbocycles. The summed E-state index contributed by atoms with van der Waals surface area (Å²) in [4.78, 5) is 34.8. The van der Waals surface area contributed by atoms with Gasteiger partial charge >= 0.3 is 5.97 Å². The lowest BCUT2D eigenvalue weighted by Gasteiger charge is -2.14. The summed E-state index contributed by atoms with van der Waals surface area (Å²) in [5.74, 6) is -2.52. The van der Waals surface area contributed by atoms with E-state index in [0.29, 0.717) is 5.56 Å². The number of ketones is 1. The van der Waals surface area contributed by atoms with Gasteiger partial charge in [-0.05, 0) is 6.42 Å². The summed E-state index contributed by atoms with van der Waals surface area (Å²) >= 11 is 0. The Morgan fingerprint density at radius 1 is 1.12 bits per heavy atom. The highest BCUT2D eigenvalue weighted by Gasteiger charge is 2.22. The van der Waals surface area contributed by atoms with Gasteiger partial charge in [-0.15, -0.1) is 0 Å². The van der Waals surface area contributed by atoms with Gasteiger partial charge in [0.1, 0.15) is 15.9 Å². The van der Waals surface area contributed by atoms with Crippen molar-refractivity contribution >= 4 is 27.5 Å². The van der Waals surface area contributed by atoms with Crippen LogP contribution in [0.1, 0.15) is 36.5 Å². The maximum Gasteiger partial charge on any atom is 0.326 e. The Labute approximate surface area is 141 Å². The van der Waals surface area contributed by atoms with Crippen LogP contribution in [-0.4, -0.2) is 48.7 Å². The molecule has 0 aliphatic rings. The van der Waals surface area contributed by atoms with Gasteiger partial charge in [0.05, 0.1) is 5.75 Å². The minimum atomic E-state index is -3.31. The molecule has 0 spiro atoms. The molecule has 0 heterocycles. The number of carbonyl (C=O) groups is 3. The lowest BCUT2D eigenvalue weighted by Crippen LogP contribution is -2.42. The molecular weight excluding hydrogens is 334 g/mol. The second-order valence-electron chi connectivity index (χ2n) is 5.27. The van der Waals surface area contributed by atoms with Gasteiger partial charge in [-0.3, -0.25) is 9.59 Å². The number of sulfone groups is 1. The second-order valence-corrected chi connectivity index (χ2v) is 7.75. The van der Waals surface area contributed by atoms with Crippen molar-refractivity contribution in [3.63, 3.8) is 0 Å². The molecular formula is C16H21NO6S. The van der Waals surface area contributed by atoms with Gasteiger partial charge in [0.2, 0.25) is 5.91 Å². The summed E-state index contributed by atoms with van der Waals surface area (Å²) in [6, 6.07) is 7.17. The fourth-order valence-corrected chi connectivity index (χ4v) is 2.84. The summed E-state index contributed by atoms with van der Waals surface area (Å²) < 4.78 is 22.9. The van der Waals surface area contributed by atoms with E-state index in [2.05, 4.69) is 5.32 Å². The predicted molar refractivity (Wildman–Crippen MR) is 88.5 cm³/mol. The number of nitrogens with one attached hydrogen (secondary N) is 1. The molecule has 2 N–H and O–H groups in total. The number of carboxylic acid groups (broad SMARTS) is 1. The quantitative estimate of drug-likeness (QED) is 0.606. The van der Waals surface area contributed by atoms with Gasteiger partial charge in [0, 0.05) is 24.2 Å². The number of benzene rings is 1. The van der Waals surface area contributed by atoms with Crippen LogP contribution >= 0.6 is 0 Å². The van der Waals surface area contributed by atoms with Gasteiger partial charge in [-0.2, -0.15) is 0 Å². The third-order valence-electron chi connectivity index (χ3n) is 3.47. The molecule has 0 fully saturated rings. The molecule has 0 saturated heterocycles. The first-order valence-electron chi connectivity index (χ1n) is 7.56. The molecule has 132 valence electrons. The van der Waals surface area contributed by atoms with Gasteiger partial charge in [0.25, 0.3) is 0 Å². The zero-order valence-electron chi connectivity index (χ0n) is 13.4. The number of Topliss-reactive ketones (excluding diaryl/α,β-unsaturated/α-hetero) is 1. The molecule has 0 radical (unpaired) electrons. The number of carbonyl (C=O) groups excluding carboxylic acids is 2.